The minimum Gasteiger partial charge on any atom is -0.380 e. The summed E-state index contributed by atoms with van der Waals surface area (Å²) in [4.78, 5) is 7.16. The Hall–Kier alpha value is -0.810. The fourth-order valence-corrected chi connectivity index (χ4v) is 2.37. The van der Waals surface area contributed by atoms with E-state index in [9.17, 15) is 0 Å². The Labute approximate surface area is 124 Å². The molecule has 0 amide bonds. The molecule has 0 aromatic rings. The third-order valence-electron chi connectivity index (χ3n) is 3.44. The van der Waals surface area contributed by atoms with E-state index < -0.39 is 0 Å². The summed E-state index contributed by atoms with van der Waals surface area (Å²) in [7, 11) is 0. The van der Waals surface area contributed by atoms with E-state index in [0.717, 1.165) is 38.8 Å². The highest BCUT2D eigenvalue weighted by atomic mass is 16.5. The predicted octanol–water partition coefficient (Wildman–Crippen LogP) is 1.45. The van der Waals surface area contributed by atoms with Crippen molar-refractivity contribution in [3.05, 3.63) is 0 Å². The number of hydrogen-bond donors (Lipinski definition) is 2. The molecule has 0 aromatic heterocycles. The summed E-state index contributed by atoms with van der Waals surface area (Å²) < 4.78 is 5.31. The molecule has 0 unspecified atom stereocenters. The van der Waals surface area contributed by atoms with E-state index in [1.807, 2.05) is 6.92 Å². The lowest BCUT2D eigenvalue weighted by Crippen LogP contribution is -2.39. The van der Waals surface area contributed by atoms with Crippen molar-refractivity contribution in [3.63, 3.8) is 0 Å². The molecule has 1 aliphatic heterocycles. The molecule has 1 saturated heterocycles. The minimum atomic E-state index is 0.732. The molecule has 0 aliphatic carbocycles. The van der Waals surface area contributed by atoms with Crippen LogP contribution in [0, 0.1) is 0 Å². The van der Waals surface area contributed by atoms with E-state index in [-0.39, 0.29) is 0 Å². The number of unbranched alkanes of at least 4 members (excludes halogenated alkanes) is 1. The smallest absolute Gasteiger partial charge is 0.191 e. The molecule has 0 spiro atoms. The zero-order valence-corrected chi connectivity index (χ0v) is 13.3. The normalized spacial score (nSPS) is 16.6. The lowest BCUT2D eigenvalue weighted by Gasteiger charge is -2.14. The molecule has 1 aliphatic rings. The molecule has 20 heavy (non-hydrogen) atoms. The van der Waals surface area contributed by atoms with Crippen LogP contribution in [0.4, 0.5) is 0 Å². The third-order valence-corrected chi connectivity index (χ3v) is 3.44. The van der Waals surface area contributed by atoms with E-state index >= 15 is 0 Å². The second-order valence-electron chi connectivity index (χ2n) is 5.14. The Kier molecular flexibility index (Phi) is 10.3. The molecule has 118 valence electrons. The summed E-state index contributed by atoms with van der Waals surface area (Å²) in [6.07, 6.45) is 5.18. The first-order valence-electron chi connectivity index (χ1n) is 8.19. The van der Waals surface area contributed by atoms with Gasteiger partial charge in [0.25, 0.3) is 0 Å². The summed E-state index contributed by atoms with van der Waals surface area (Å²) in [6.45, 7) is 12.0. The van der Waals surface area contributed by atoms with Gasteiger partial charge in [-0.3, -0.25) is 4.99 Å². The Balaban J connectivity index is 2.07. The molecule has 1 heterocycles. The van der Waals surface area contributed by atoms with Crippen LogP contribution in [0.15, 0.2) is 4.99 Å². The van der Waals surface area contributed by atoms with Gasteiger partial charge < -0.3 is 20.3 Å². The first-order chi connectivity index (χ1) is 9.86. The zero-order valence-electron chi connectivity index (χ0n) is 13.3. The molecule has 0 bridgehead atoms. The van der Waals surface area contributed by atoms with Crippen LogP contribution in [-0.4, -0.2) is 63.3 Å². The highest BCUT2D eigenvalue weighted by Crippen LogP contribution is 2.08. The van der Waals surface area contributed by atoms with Gasteiger partial charge in [0, 0.05) is 26.2 Å². The lowest BCUT2D eigenvalue weighted by molar-refractivity contribution is 0.152. The van der Waals surface area contributed by atoms with Gasteiger partial charge in [0.2, 0.25) is 0 Å². The molecule has 0 atom stereocenters. The van der Waals surface area contributed by atoms with Gasteiger partial charge in [-0.05, 0) is 59.2 Å². The van der Waals surface area contributed by atoms with E-state index in [1.165, 1.54) is 45.3 Å². The van der Waals surface area contributed by atoms with Crippen LogP contribution < -0.4 is 10.6 Å². The van der Waals surface area contributed by atoms with E-state index in [4.69, 9.17) is 4.74 Å². The van der Waals surface area contributed by atoms with Crippen molar-refractivity contribution in [2.24, 2.45) is 4.99 Å². The van der Waals surface area contributed by atoms with E-state index in [2.05, 4.69) is 27.4 Å². The maximum Gasteiger partial charge on any atom is 0.191 e. The number of nitrogens with one attached hydrogen (secondary N) is 2. The maximum absolute atomic E-state index is 5.31. The standard InChI is InChI=1S/C15H32N4O/c1-3-16-15(18-10-14-20-4-2)17-9-5-6-11-19-12-7-8-13-19/h3-14H2,1-2H3,(H2,16,17,18). The van der Waals surface area contributed by atoms with Crippen molar-refractivity contribution in [1.29, 1.82) is 0 Å². The summed E-state index contributed by atoms with van der Waals surface area (Å²) in [5, 5.41) is 6.56. The maximum atomic E-state index is 5.31. The monoisotopic (exact) mass is 284 g/mol. The second kappa shape index (κ2) is 12.0. The van der Waals surface area contributed by atoms with Gasteiger partial charge in [-0.15, -0.1) is 0 Å². The number of ether oxygens (including phenoxy) is 1. The van der Waals surface area contributed by atoms with E-state index in [0.29, 0.717) is 0 Å². The summed E-state index contributed by atoms with van der Waals surface area (Å²) in [5.41, 5.74) is 0. The number of hydrogen-bond acceptors (Lipinski definition) is 3. The van der Waals surface area contributed by atoms with Crippen LogP contribution in [0.3, 0.4) is 0 Å². The van der Waals surface area contributed by atoms with Crippen LogP contribution in [0.2, 0.25) is 0 Å². The molecular formula is C15H32N4O. The second-order valence-corrected chi connectivity index (χ2v) is 5.14. The largest absolute Gasteiger partial charge is 0.380 e. The number of nitrogens with zero attached hydrogens (tertiary/aromatic N) is 2. The summed E-state index contributed by atoms with van der Waals surface area (Å²) in [6, 6.07) is 0. The third kappa shape index (κ3) is 8.38. The Morgan fingerprint density at radius 3 is 2.65 bits per heavy atom. The fourth-order valence-electron chi connectivity index (χ4n) is 2.37. The Morgan fingerprint density at radius 1 is 1.15 bits per heavy atom. The molecule has 1 fully saturated rings. The van der Waals surface area contributed by atoms with Crippen molar-refractivity contribution >= 4 is 5.96 Å². The fraction of sp³-hybridized carbons (Fsp3) is 0.933. The minimum absolute atomic E-state index is 0.732. The Bertz CT molecular complexity index is 252. The Morgan fingerprint density at radius 2 is 1.95 bits per heavy atom. The van der Waals surface area contributed by atoms with Crippen molar-refractivity contribution in [2.45, 2.75) is 39.5 Å². The average Bonchev–Trinajstić information content (AvgIpc) is 2.96. The van der Waals surface area contributed by atoms with Gasteiger partial charge in [0.1, 0.15) is 0 Å². The summed E-state index contributed by atoms with van der Waals surface area (Å²) in [5.74, 6) is 0.911. The van der Waals surface area contributed by atoms with Crippen LogP contribution in [-0.2, 0) is 4.74 Å². The first kappa shape index (κ1) is 17.2. The van der Waals surface area contributed by atoms with Crippen molar-refractivity contribution in [2.75, 3.05) is 52.5 Å². The van der Waals surface area contributed by atoms with Gasteiger partial charge >= 0.3 is 0 Å². The lowest BCUT2D eigenvalue weighted by atomic mass is 10.3. The molecule has 2 N–H and O–H groups in total. The van der Waals surface area contributed by atoms with Crippen molar-refractivity contribution in [3.8, 4) is 0 Å². The summed E-state index contributed by atoms with van der Waals surface area (Å²) >= 11 is 0. The highest BCUT2D eigenvalue weighted by molar-refractivity contribution is 5.79. The van der Waals surface area contributed by atoms with Crippen LogP contribution in [0.1, 0.15) is 39.5 Å². The molecule has 1 rings (SSSR count). The van der Waals surface area contributed by atoms with Gasteiger partial charge in [-0.25, -0.2) is 0 Å². The topological polar surface area (TPSA) is 48.9 Å². The zero-order chi connectivity index (χ0) is 14.5. The average molecular weight is 284 g/mol. The van der Waals surface area contributed by atoms with Crippen LogP contribution in [0.25, 0.3) is 0 Å². The van der Waals surface area contributed by atoms with Crippen molar-refractivity contribution < 1.29 is 4.74 Å². The first-order valence-corrected chi connectivity index (χ1v) is 8.19. The van der Waals surface area contributed by atoms with Crippen molar-refractivity contribution in [1.82, 2.24) is 15.5 Å². The van der Waals surface area contributed by atoms with Gasteiger partial charge in [0.05, 0.1) is 6.61 Å². The van der Waals surface area contributed by atoms with Crippen LogP contribution in [0.5, 0.6) is 0 Å². The van der Waals surface area contributed by atoms with Gasteiger partial charge in [-0.2, -0.15) is 0 Å². The van der Waals surface area contributed by atoms with E-state index in [1.54, 1.807) is 0 Å². The predicted molar refractivity (Wildman–Crippen MR) is 85.4 cm³/mol. The quantitative estimate of drug-likeness (QED) is 0.362. The molecule has 0 saturated carbocycles. The molecule has 0 aromatic carbocycles. The number of guanidine groups is 1. The number of rotatable bonds is 10. The molecule has 5 nitrogen and oxygen atoms in total. The van der Waals surface area contributed by atoms with Gasteiger partial charge in [0.15, 0.2) is 5.96 Å². The number of likely N-dealkylation sites (tertiary alicyclic amines) is 1. The molecule has 5 heteroatoms. The van der Waals surface area contributed by atoms with Crippen LogP contribution >= 0.6 is 0 Å². The molecular weight excluding hydrogens is 252 g/mol. The highest BCUT2D eigenvalue weighted by Gasteiger charge is 2.09. The number of aliphatic imine (C=N–C) groups is 1. The SMILES string of the molecule is CCNC(=NCCCCN1CCCC1)NCCOCC. The molecule has 0 radical (unpaired) electrons. The van der Waals surface area contributed by atoms with Gasteiger partial charge in [-0.1, -0.05) is 0 Å².